The first-order chi connectivity index (χ1) is 10.8. The van der Waals surface area contributed by atoms with Gasteiger partial charge in [-0.1, -0.05) is 48.0 Å². The predicted octanol–water partition coefficient (Wildman–Crippen LogP) is 6.18. The average molecular weight is 303 g/mol. The van der Waals surface area contributed by atoms with Crippen molar-refractivity contribution in [2.75, 3.05) is 0 Å². The van der Waals surface area contributed by atoms with Crippen LogP contribution in [0.1, 0.15) is 52.2 Å². The average Bonchev–Trinajstić information content (AvgIpc) is 2.82. The van der Waals surface area contributed by atoms with Crippen LogP contribution in [-0.4, -0.2) is 11.8 Å². The zero-order valence-corrected chi connectivity index (χ0v) is 14.8. The smallest absolute Gasteiger partial charge is 0.0524 e. The maximum absolute atomic E-state index is 4.79. The lowest BCUT2D eigenvalue weighted by molar-refractivity contribution is 0.587. The van der Waals surface area contributed by atoms with Crippen molar-refractivity contribution in [1.29, 1.82) is 0 Å². The molecule has 118 valence electrons. The van der Waals surface area contributed by atoms with E-state index in [1.807, 2.05) is 0 Å². The first kappa shape index (κ1) is 15.7. The Kier molecular flexibility index (Phi) is 3.97. The number of fused-ring (bicyclic) bond motifs is 1. The number of hydrogen-bond donors (Lipinski definition) is 0. The lowest BCUT2D eigenvalue weighted by Gasteiger charge is -2.15. The van der Waals surface area contributed by atoms with Gasteiger partial charge >= 0.3 is 0 Å². The van der Waals surface area contributed by atoms with Crippen LogP contribution in [0.5, 0.6) is 0 Å². The SMILES string of the molecule is CC1=CC(C)=C(c2ccc3ccccc3c2/C=N/C(C)(C)C)C1. The van der Waals surface area contributed by atoms with Crippen molar-refractivity contribution in [3.63, 3.8) is 0 Å². The van der Waals surface area contributed by atoms with Crippen LogP contribution in [0.25, 0.3) is 16.3 Å². The second-order valence-electron chi connectivity index (χ2n) is 7.51. The van der Waals surface area contributed by atoms with Gasteiger partial charge in [-0.15, -0.1) is 0 Å². The second-order valence-corrected chi connectivity index (χ2v) is 7.51. The topological polar surface area (TPSA) is 12.4 Å². The third-order valence-electron chi connectivity index (χ3n) is 4.27. The molecule has 0 aliphatic heterocycles. The van der Waals surface area contributed by atoms with Crippen LogP contribution in [-0.2, 0) is 0 Å². The summed E-state index contributed by atoms with van der Waals surface area (Å²) in [5.74, 6) is 0. The van der Waals surface area contributed by atoms with Crippen molar-refractivity contribution in [2.45, 2.75) is 46.6 Å². The molecule has 3 rings (SSSR count). The minimum absolute atomic E-state index is 0.0680. The van der Waals surface area contributed by atoms with Crippen LogP contribution in [0.4, 0.5) is 0 Å². The summed E-state index contributed by atoms with van der Waals surface area (Å²) in [7, 11) is 0. The molecule has 2 aromatic rings. The standard InChI is InChI=1S/C22H25N/c1-15-12-16(2)20(13-15)19-11-10-17-8-6-7-9-18(17)21(19)14-23-22(3,4)5/h6-12,14H,13H2,1-5H3/b23-14+. The fourth-order valence-corrected chi connectivity index (χ4v) is 3.19. The van der Waals surface area contributed by atoms with Crippen molar-refractivity contribution in [1.82, 2.24) is 0 Å². The summed E-state index contributed by atoms with van der Waals surface area (Å²) >= 11 is 0. The van der Waals surface area contributed by atoms with Crippen molar-refractivity contribution >= 4 is 22.6 Å². The third-order valence-corrected chi connectivity index (χ3v) is 4.27. The maximum atomic E-state index is 4.79. The molecule has 1 heteroatoms. The lowest BCUT2D eigenvalue weighted by Crippen LogP contribution is -2.10. The van der Waals surface area contributed by atoms with Crippen LogP contribution in [0.15, 0.2) is 58.6 Å². The van der Waals surface area contributed by atoms with E-state index in [2.05, 4.69) is 83.3 Å². The van der Waals surface area contributed by atoms with Crippen molar-refractivity contribution < 1.29 is 0 Å². The number of benzene rings is 2. The first-order valence-corrected chi connectivity index (χ1v) is 8.29. The van der Waals surface area contributed by atoms with Gasteiger partial charge in [0.2, 0.25) is 0 Å². The van der Waals surface area contributed by atoms with Gasteiger partial charge < -0.3 is 0 Å². The molecule has 1 aliphatic carbocycles. The van der Waals surface area contributed by atoms with E-state index in [0.717, 1.165) is 6.42 Å². The van der Waals surface area contributed by atoms with Gasteiger partial charge in [-0.05, 0) is 68.5 Å². The highest BCUT2D eigenvalue weighted by atomic mass is 14.8. The second kappa shape index (κ2) is 5.81. The van der Waals surface area contributed by atoms with E-state index >= 15 is 0 Å². The molecular weight excluding hydrogens is 278 g/mol. The molecule has 0 unspecified atom stereocenters. The highest BCUT2D eigenvalue weighted by Crippen LogP contribution is 2.36. The summed E-state index contributed by atoms with van der Waals surface area (Å²) in [6, 6.07) is 13.1. The molecule has 0 spiro atoms. The van der Waals surface area contributed by atoms with Crippen molar-refractivity contribution in [2.24, 2.45) is 4.99 Å². The normalized spacial score (nSPS) is 15.8. The summed E-state index contributed by atoms with van der Waals surface area (Å²) < 4.78 is 0. The fourth-order valence-electron chi connectivity index (χ4n) is 3.19. The molecule has 23 heavy (non-hydrogen) atoms. The minimum Gasteiger partial charge on any atom is -0.287 e. The molecule has 0 amide bonds. The van der Waals surface area contributed by atoms with Crippen molar-refractivity contribution in [3.8, 4) is 0 Å². The summed E-state index contributed by atoms with van der Waals surface area (Å²) in [5, 5.41) is 2.55. The van der Waals surface area contributed by atoms with Crippen LogP contribution >= 0.6 is 0 Å². The van der Waals surface area contributed by atoms with Crippen LogP contribution in [0, 0.1) is 0 Å². The molecule has 0 fully saturated rings. The van der Waals surface area contributed by atoms with Gasteiger partial charge in [-0.25, -0.2) is 0 Å². The number of rotatable bonds is 2. The van der Waals surface area contributed by atoms with Gasteiger partial charge in [0, 0.05) is 11.8 Å². The molecule has 0 aromatic heterocycles. The van der Waals surface area contributed by atoms with E-state index in [9.17, 15) is 0 Å². The first-order valence-electron chi connectivity index (χ1n) is 8.29. The highest BCUT2D eigenvalue weighted by molar-refractivity contribution is 6.05. The van der Waals surface area contributed by atoms with Crippen molar-refractivity contribution in [3.05, 3.63) is 64.7 Å². The van der Waals surface area contributed by atoms with Gasteiger partial charge in [0.1, 0.15) is 0 Å². The van der Waals surface area contributed by atoms with Gasteiger partial charge in [-0.3, -0.25) is 4.99 Å². The maximum Gasteiger partial charge on any atom is 0.0524 e. The lowest BCUT2D eigenvalue weighted by atomic mass is 9.92. The van der Waals surface area contributed by atoms with E-state index in [-0.39, 0.29) is 5.54 Å². The van der Waals surface area contributed by atoms with E-state index in [0.29, 0.717) is 0 Å². The number of nitrogens with zero attached hydrogens (tertiary/aromatic N) is 1. The Hall–Kier alpha value is -2.15. The molecule has 1 aliphatic rings. The van der Waals surface area contributed by atoms with Crippen LogP contribution < -0.4 is 0 Å². The highest BCUT2D eigenvalue weighted by Gasteiger charge is 2.17. The van der Waals surface area contributed by atoms with E-state index < -0.39 is 0 Å². The van der Waals surface area contributed by atoms with Gasteiger partial charge in [0.05, 0.1) is 5.54 Å². The van der Waals surface area contributed by atoms with E-state index in [1.54, 1.807) is 0 Å². The minimum atomic E-state index is -0.0680. The number of aliphatic imine (C=N–C) groups is 1. The molecule has 0 bridgehead atoms. The number of hydrogen-bond acceptors (Lipinski definition) is 1. The molecule has 0 radical (unpaired) electrons. The Balaban J connectivity index is 2.22. The summed E-state index contributed by atoms with van der Waals surface area (Å²) in [6.45, 7) is 10.8. The quantitative estimate of drug-likeness (QED) is 0.587. The van der Waals surface area contributed by atoms with E-state index in [1.165, 1.54) is 38.6 Å². The van der Waals surface area contributed by atoms with Gasteiger partial charge in [0.15, 0.2) is 0 Å². The Morgan fingerprint density at radius 1 is 1.00 bits per heavy atom. The Morgan fingerprint density at radius 2 is 1.74 bits per heavy atom. The molecule has 0 saturated heterocycles. The number of allylic oxidation sites excluding steroid dienone is 4. The Morgan fingerprint density at radius 3 is 2.39 bits per heavy atom. The van der Waals surface area contributed by atoms with Crippen LogP contribution in [0.3, 0.4) is 0 Å². The largest absolute Gasteiger partial charge is 0.287 e. The predicted molar refractivity (Wildman–Crippen MR) is 102 cm³/mol. The Labute approximate surface area is 139 Å². The monoisotopic (exact) mass is 303 g/mol. The zero-order chi connectivity index (χ0) is 16.6. The van der Waals surface area contributed by atoms with Crippen LogP contribution in [0.2, 0.25) is 0 Å². The Bertz CT molecular complexity index is 842. The molecule has 0 N–H and O–H groups in total. The molecule has 0 atom stereocenters. The molecule has 0 saturated carbocycles. The summed E-state index contributed by atoms with van der Waals surface area (Å²) in [6.07, 6.45) is 5.42. The summed E-state index contributed by atoms with van der Waals surface area (Å²) in [4.78, 5) is 4.79. The third kappa shape index (κ3) is 3.29. The molecular formula is C22H25N. The molecule has 1 nitrogen and oxygen atoms in total. The molecule has 0 heterocycles. The van der Waals surface area contributed by atoms with Gasteiger partial charge in [-0.2, -0.15) is 0 Å². The van der Waals surface area contributed by atoms with Gasteiger partial charge in [0.25, 0.3) is 0 Å². The zero-order valence-electron chi connectivity index (χ0n) is 14.8. The summed E-state index contributed by atoms with van der Waals surface area (Å²) in [5.41, 5.74) is 6.75. The fraction of sp³-hybridized carbons (Fsp3) is 0.318. The van der Waals surface area contributed by atoms with E-state index in [4.69, 9.17) is 4.99 Å². The molecule has 2 aromatic carbocycles.